The molecule has 2 rings (SSSR count). The molecule has 5 heteroatoms. The zero-order chi connectivity index (χ0) is 9.26. The SMILES string of the molecule is ClCc1ncc(-c2ccc(Br)s2)[nH]1. The van der Waals surface area contributed by atoms with E-state index >= 15 is 0 Å². The smallest absolute Gasteiger partial charge is 0.121 e. The molecule has 0 aromatic carbocycles. The first-order chi connectivity index (χ1) is 6.29. The number of aromatic amines is 1. The molecule has 0 saturated carbocycles. The van der Waals surface area contributed by atoms with Gasteiger partial charge in [0.1, 0.15) is 5.82 Å². The van der Waals surface area contributed by atoms with Crippen LogP contribution >= 0.6 is 38.9 Å². The van der Waals surface area contributed by atoms with Crippen LogP contribution in [0.5, 0.6) is 0 Å². The fourth-order valence-electron chi connectivity index (χ4n) is 1.01. The summed E-state index contributed by atoms with van der Waals surface area (Å²) in [7, 11) is 0. The third-order valence-corrected chi connectivity index (χ3v) is 3.50. The quantitative estimate of drug-likeness (QED) is 0.834. The molecule has 2 aromatic rings. The lowest BCUT2D eigenvalue weighted by Crippen LogP contribution is -1.78. The summed E-state index contributed by atoms with van der Waals surface area (Å²) in [5, 5.41) is 0. The van der Waals surface area contributed by atoms with Gasteiger partial charge in [-0.05, 0) is 28.1 Å². The molecule has 0 amide bonds. The minimum Gasteiger partial charge on any atom is -0.340 e. The van der Waals surface area contributed by atoms with Gasteiger partial charge in [-0.3, -0.25) is 0 Å². The number of rotatable bonds is 2. The number of nitrogens with zero attached hydrogens (tertiary/aromatic N) is 1. The molecule has 2 heterocycles. The van der Waals surface area contributed by atoms with Crippen LogP contribution in [0.2, 0.25) is 0 Å². The van der Waals surface area contributed by atoms with Crippen molar-refractivity contribution < 1.29 is 0 Å². The van der Waals surface area contributed by atoms with E-state index in [-0.39, 0.29) is 0 Å². The Hall–Kier alpha value is -0.320. The van der Waals surface area contributed by atoms with Crippen molar-refractivity contribution in [2.45, 2.75) is 5.88 Å². The minimum atomic E-state index is 0.423. The van der Waals surface area contributed by atoms with Crippen LogP contribution < -0.4 is 0 Å². The molecular weight excluding hydrogens is 272 g/mol. The molecule has 0 aliphatic carbocycles. The Balaban J connectivity index is 2.35. The van der Waals surface area contributed by atoms with Gasteiger partial charge >= 0.3 is 0 Å². The van der Waals surface area contributed by atoms with Crippen molar-refractivity contribution in [2.24, 2.45) is 0 Å². The van der Waals surface area contributed by atoms with Crippen molar-refractivity contribution in [3.63, 3.8) is 0 Å². The Kier molecular flexibility index (Phi) is 2.71. The van der Waals surface area contributed by atoms with Crippen LogP contribution in [0.4, 0.5) is 0 Å². The van der Waals surface area contributed by atoms with Crippen molar-refractivity contribution >= 4 is 38.9 Å². The molecule has 0 atom stereocenters. The predicted molar refractivity (Wildman–Crippen MR) is 59.2 cm³/mol. The first-order valence-electron chi connectivity index (χ1n) is 3.65. The molecule has 0 fully saturated rings. The number of hydrogen-bond acceptors (Lipinski definition) is 2. The van der Waals surface area contributed by atoms with E-state index in [4.69, 9.17) is 11.6 Å². The minimum absolute atomic E-state index is 0.423. The highest BCUT2D eigenvalue weighted by Crippen LogP contribution is 2.29. The first-order valence-corrected chi connectivity index (χ1v) is 5.79. The highest BCUT2D eigenvalue weighted by atomic mass is 79.9. The van der Waals surface area contributed by atoms with Gasteiger partial charge in [-0.2, -0.15) is 0 Å². The van der Waals surface area contributed by atoms with Gasteiger partial charge in [-0.1, -0.05) is 0 Å². The second-order valence-corrected chi connectivity index (χ2v) is 5.21. The number of halogens is 2. The molecule has 2 nitrogen and oxygen atoms in total. The van der Waals surface area contributed by atoms with E-state index in [0.29, 0.717) is 5.88 Å². The van der Waals surface area contributed by atoms with Crippen LogP contribution in [0.1, 0.15) is 5.82 Å². The third-order valence-electron chi connectivity index (χ3n) is 1.59. The topological polar surface area (TPSA) is 28.7 Å². The largest absolute Gasteiger partial charge is 0.340 e. The van der Waals surface area contributed by atoms with E-state index in [0.717, 1.165) is 20.2 Å². The fourth-order valence-corrected chi connectivity index (χ4v) is 2.50. The van der Waals surface area contributed by atoms with Crippen LogP contribution in [-0.4, -0.2) is 9.97 Å². The van der Waals surface area contributed by atoms with Crippen molar-refractivity contribution in [3.8, 4) is 10.6 Å². The normalized spacial score (nSPS) is 10.6. The van der Waals surface area contributed by atoms with Crippen molar-refractivity contribution in [1.82, 2.24) is 9.97 Å². The van der Waals surface area contributed by atoms with Gasteiger partial charge in [0.25, 0.3) is 0 Å². The van der Waals surface area contributed by atoms with Gasteiger partial charge in [0, 0.05) is 0 Å². The molecular formula is C8H6BrClN2S. The monoisotopic (exact) mass is 276 g/mol. The maximum atomic E-state index is 5.63. The Labute approximate surface area is 93.1 Å². The van der Waals surface area contributed by atoms with E-state index in [1.54, 1.807) is 17.5 Å². The van der Waals surface area contributed by atoms with Crippen molar-refractivity contribution in [2.75, 3.05) is 0 Å². The summed E-state index contributed by atoms with van der Waals surface area (Å²) in [6.45, 7) is 0. The van der Waals surface area contributed by atoms with Crippen LogP contribution in [0, 0.1) is 0 Å². The molecule has 68 valence electrons. The van der Waals surface area contributed by atoms with Gasteiger partial charge in [0.05, 0.1) is 26.4 Å². The zero-order valence-electron chi connectivity index (χ0n) is 6.55. The molecule has 0 aliphatic heterocycles. The number of hydrogen-bond donors (Lipinski definition) is 1. The predicted octanol–water partition coefficient (Wildman–Crippen LogP) is 3.64. The van der Waals surface area contributed by atoms with Gasteiger partial charge in [0.15, 0.2) is 0 Å². The molecule has 0 saturated heterocycles. The fraction of sp³-hybridized carbons (Fsp3) is 0.125. The number of nitrogens with one attached hydrogen (secondary N) is 1. The molecule has 0 spiro atoms. The Morgan fingerprint density at radius 3 is 2.92 bits per heavy atom. The summed E-state index contributed by atoms with van der Waals surface area (Å²) in [5.41, 5.74) is 1.02. The van der Waals surface area contributed by atoms with E-state index in [1.807, 2.05) is 12.1 Å². The lowest BCUT2D eigenvalue weighted by Gasteiger charge is -1.88. The molecule has 13 heavy (non-hydrogen) atoms. The molecule has 1 N–H and O–H groups in total. The van der Waals surface area contributed by atoms with E-state index < -0.39 is 0 Å². The lowest BCUT2D eigenvalue weighted by molar-refractivity contribution is 1.12. The number of imidazole rings is 1. The summed E-state index contributed by atoms with van der Waals surface area (Å²) in [5.74, 6) is 1.23. The Morgan fingerprint density at radius 1 is 1.54 bits per heavy atom. The number of aromatic nitrogens is 2. The molecule has 2 aromatic heterocycles. The van der Waals surface area contributed by atoms with Crippen LogP contribution in [0.25, 0.3) is 10.6 Å². The number of H-pyrrole nitrogens is 1. The zero-order valence-corrected chi connectivity index (χ0v) is 9.71. The molecule has 0 bridgehead atoms. The molecule has 0 radical (unpaired) electrons. The average molecular weight is 278 g/mol. The Bertz CT molecular complexity index is 410. The maximum absolute atomic E-state index is 5.63. The van der Waals surface area contributed by atoms with Gasteiger partial charge < -0.3 is 4.98 Å². The van der Waals surface area contributed by atoms with Crippen LogP contribution in [0.3, 0.4) is 0 Å². The summed E-state index contributed by atoms with van der Waals surface area (Å²) in [6, 6.07) is 4.06. The summed E-state index contributed by atoms with van der Waals surface area (Å²) in [6.07, 6.45) is 1.80. The first kappa shape index (κ1) is 9.24. The molecule has 0 unspecified atom stereocenters. The van der Waals surface area contributed by atoms with E-state index in [1.165, 1.54) is 0 Å². The van der Waals surface area contributed by atoms with Crippen LogP contribution in [-0.2, 0) is 5.88 Å². The van der Waals surface area contributed by atoms with Crippen LogP contribution in [0.15, 0.2) is 22.1 Å². The van der Waals surface area contributed by atoms with E-state index in [9.17, 15) is 0 Å². The summed E-state index contributed by atoms with van der Waals surface area (Å²) in [4.78, 5) is 8.43. The Morgan fingerprint density at radius 2 is 2.38 bits per heavy atom. The summed E-state index contributed by atoms with van der Waals surface area (Å²) >= 11 is 10.7. The highest BCUT2D eigenvalue weighted by Gasteiger charge is 2.04. The lowest BCUT2D eigenvalue weighted by atomic mass is 10.4. The van der Waals surface area contributed by atoms with Gasteiger partial charge in [-0.15, -0.1) is 22.9 Å². The van der Waals surface area contributed by atoms with Crippen molar-refractivity contribution in [1.29, 1.82) is 0 Å². The van der Waals surface area contributed by atoms with Gasteiger partial charge in [0.2, 0.25) is 0 Å². The highest BCUT2D eigenvalue weighted by molar-refractivity contribution is 9.11. The maximum Gasteiger partial charge on any atom is 0.121 e. The number of alkyl halides is 1. The standard InChI is InChI=1S/C8H6BrClN2S/c9-7-2-1-6(13-7)5-4-11-8(3-10)12-5/h1-2,4H,3H2,(H,11,12). The second-order valence-electron chi connectivity index (χ2n) is 2.48. The number of thiophene rings is 1. The van der Waals surface area contributed by atoms with Gasteiger partial charge in [-0.25, -0.2) is 4.98 Å². The second kappa shape index (κ2) is 3.82. The van der Waals surface area contributed by atoms with Crippen molar-refractivity contribution in [3.05, 3.63) is 27.9 Å². The summed E-state index contributed by atoms with van der Waals surface area (Å²) < 4.78 is 1.12. The molecule has 0 aliphatic rings. The average Bonchev–Trinajstić information content (AvgIpc) is 2.71. The third kappa shape index (κ3) is 1.95. The van der Waals surface area contributed by atoms with E-state index in [2.05, 4.69) is 25.9 Å².